The Balaban J connectivity index is 1.79. The van der Waals surface area contributed by atoms with Crippen LogP contribution in [0.5, 0.6) is 17.2 Å². The summed E-state index contributed by atoms with van der Waals surface area (Å²) < 4.78 is 16.2. The number of rotatable bonds is 6. The minimum Gasteiger partial charge on any atom is -0.493 e. The van der Waals surface area contributed by atoms with Gasteiger partial charge >= 0.3 is 0 Å². The van der Waals surface area contributed by atoms with Gasteiger partial charge in [0.1, 0.15) is 24.1 Å². The molecule has 1 heterocycles. The summed E-state index contributed by atoms with van der Waals surface area (Å²) in [5.74, 6) is 2.06. The van der Waals surface area contributed by atoms with Gasteiger partial charge in [0.2, 0.25) is 0 Å². The molecular formula is C14H14ClNO3. The fourth-order valence-corrected chi connectivity index (χ4v) is 1.61. The van der Waals surface area contributed by atoms with Gasteiger partial charge < -0.3 is 14.2 Å². The lowest BCUT2D eigenvalue weighted by Gasteiger charge is -2.10. The number of nitrogens with zero attached hydrogens (tertiary/aromatic N) is 1. The monoisotopic (exact) mass is 279 g/mol. The highest BCUT2D eigenvalue weighted by Crippen LogP contribution is 2.25. The van der Waals surface area contributed by atoms with E-state index in [1.807, 2.05) is 24.3 Å². The maximum absolute atomic E-state index is 5.68. The Kier molecular flexibility index (Phi) is 4.86. The van der Waals surface area contributed by atoms with E-state index in [4.69, 9.17) is 25.8 Å². The molecule has 5 heteroatoms. The van der Waals surface area contributed by atoms with Gasteiger partial charge in [-0.05, 0) is 24.3 Å². The molecule has 100 valence electrons. The molecule has 0 bridgehead atoms. The molecule has 0 atom stereocenters. The highest BCUT2D eigenvalue weighted by molar-refractivity contribution is 6.29. The van der Waals surface area contributed by atoms with Crippen molar-refractivity contribution in [3.05, 3.63) is 47.7 Å². The lowest BCUT2D eigenvalue weighted by atomic mass is 10.3. The van der Waals surface area contributed by atoms with Gasteiger partial charge in [-0.2, -0.15) is 0 Å². The molecule has 0 aliphatic carbocycles. The van der Waals surface area contributed by atoms with Gasteiger partial charge in [0, 0.05) is 0 Å². The van der Waals surface area contributed by atoms with Gasteiger partial charge in [0.05, 0.1) is 13.3 Å². The number of hydrogen-bond donors (Lipinski definition) is 0. The molecule has 0 aliphatic heterocycles. The van der Waals surface area contributed by atoms with E-state index in [0.717, 1.165) is 0 Å². The third kappa shape index (κ3) is 4.03. The molecule has 0 radical (unpaired) electrons. The van der Waals surface area contributed by atoms with Crippen LogP contribution in [-0.2, 0) is 0 Å². The topological polar surface area (TPSA) is 40.6 Å². The van der Waals surface area contributed by atoms with Crippen molar-refractivity contribution in [2.24, 2.45) is 0 Å². The van der Waals surface area contributed by atoms with Crippen molar-refractivity contribution in [1.29, 1.82) is 0 Å². The smallest absolute Gasteiger partial charge is 0.161 e. The molecule has 0 saturated heterocycles. The van der Waals surface area contributed by atoms with E-state index < -0.39 is 0 Å². The molecule has 0 amide bonds. The standard InChI is InChI=1S/C14H14ClNO3/c1-17-12-4-2-3-5-13(12)19-9-8-18-11-6-7-14(15)16-10-11/h2-7,10H,8-9H2,1H3. The number of aromatic nitrogens is 1. The average Bonchev–Trinajstić information content (AvgIpc) is 2.46. The first-order chi connectivity index (χ1) is 9.29. The Labute approximate surface area is 116 Å². The van der Waals surface area contributed by atoms with Gasteiger partial charge in [0.15, 0.2) is 11.5 Å². The highest BCUT2D eigenvalue weighted by atomic mass is 35.5. The Bertz CT molecular complexity index is 516. The van der Waals surface area contributed by atoms with Crippen LogP contribution in [0.4, 0.5) is 0 Å². The zero-order chi connectivity index (χ0) is 13.5. The van der Waals surface area contributed by atoms with E-state index in [1.54, 1.807) is 25.4 Å². The Morgan fingerprint density at radius 3 is 2.42 bits per heavy atom. The molecular weight excluding hydrogens is 266 g/mol. The summed E-state index contributed by atoms with van der Waals surface area (Å²) >= 11 is 5.68. The van der Waals surface area contributed by atoms with Crippen molar-refractivity contribution in [1.82, 2.24) is 4.98 Å². The molecule has 0 N–H and O–H groups in total. The molecule has 2 rings (SSSR count). The van der Waals surface area contributed by atoms with Crippen LogP contribution in [0.1, 0.15) is 0 Å². The molecule has 1 aromatic heterocycles. The quantitative estimate of drug-likeness (QED) is 0.601. The lowest BCUT2D eigenvalue weighted by molar-refractivity contribution is 0.211. The normalized spacial score (nSPS) is 10.0. The molecule has 0 spiro atoms. The largest absolute Gasteiger partial charge is 0.493 e. The zero-order valence-electron chi connectivity index (χ0n) is 10.5. The summed E-state index contributed by atoms with van der Waals surface area (Å²) in [6.07, 6.45) is 1.57. The highest BCUT2D eigenvalue weighted by Gasteiger charge is 2.02. The van der Waals surface area contributed by atoms with Crippen molar-refractivity contribution in [2.45, 2.75) is 0 Å². The number of hydrogen-bond acceptors (Lipinski definition) is 4. The molecule has 0 fully saturated rings. The predicted molar refractivity (Wildman–Crippen MR) is 73.2 cm³/mol. The number of pyridine rings is 1. The zero-order valence-corrected chi connectivity index (χ0v) is 11.3. The second kappa shape index (κ2) is 6.85. The third-order valence-corrected chi connectivity index (χ3v) is 2.60. The van der Waals surface area contributed by atoms with Crippen molar-refractivity contribution < 1.29 is 14.2 Å². The molecule has 0 aliphatic rings. The third-order valence-electron chi connectivity index (χ3n) is 2.38. The van der Waals surface area contributed by atoms with Crippen LogP contribution in [-0.4, -0.2) is 25.3 Å². The number of para-hydroxylation sites is 2. The number of ether oxygens (including phenoxy) is 3. The minimum absolute atomic E-state index is 0.418. The average molecular weight is 280 g/mol. The maximum Gasteiger partial charge on any atom is 0.161 e. The number of methoxy groups -OCH3 is 1. The van der Waals surface area contributed by atoms with Gasteiger partial charge in [-0.15, -0.1) is 0 Å². The van der Waals surface area contributed by atoms with Gasteiger partial charge in [-0.1, -0.05) is 23.7 Å². The second-order valence-corrected chi connectivity index (χ2v) is 4.05. The van der Waals surface area contributed by atoms with Crippen LogP contribution >= 0.6 is 11.6 Å². The van der Waals surface area contributed by atoms with E-state index in [1.165, 1.54) is 0 Å². The van der Waals surface area contributed by atoms with Crippen molar-refractivity contribution in [3.8, 4) is 17.2 Å². The van der Waals surface area contributed by atoms with Crippen LogP contribution in [0, 0.1) is 0 Å². The van der Waals surface area contributed by atoms with E-state index in [-0.39, 0.29) is 0 Å². The molecule has 4 nitrogen and oxygen atoms in total. The predicted octanol–water partition coefficient (Wildman–Crippen LogP) is 3.20. The summed E-state index contributed by atoms with van der Waals surface area (Å²) in [5.41, 5.74) is 0. The van der Waals surface area contributed by atoms with Crippen molar-refractivity contribution >= 4 is 11.6 Å². The van der Waals surface area contributed by atoms with Crippen LogP contribution in [0.25, 0.3) is 0 Å². The summed E-state index contributed by atoms with van der Waals surface area (Å²) in [6, 6.07) is 10.9. The van der Waals surface area contributed by atoms with E-state index in [0.29, 0.717) is 35.6 Å². The molecule has 0 saturated carbocycles. The first kappa shape index (κ1) is 13.5. The fraction of sp³-hybridized carbons (Fsp3) is 0.214. The van der Waals surface area contributed by atoms with Crippen LogP contribution < -0.4 is 14.2 Å². The van der Waals surface area contributed by atoms with Crippen molar-refractivity contribution in [3.63, 3.8) is 0 Å². The van der Waals surface area contributed by atoms with Gasteiger partial charge in [-0.25, -0.2) is 4.98 Å². The Morgan fingerprint density at radius 1 is 1.00 bits per heavy atom. The maximum atomic E-state index is 5.68. The number of halogens is 1. The Morgan fingerprint density at radius 2 is 1.74 bits per heavy atom. The Hall–Kier alpha value is -1.94. The van der Waals surface area contributed by atoms with Crippen LogP contribution in [0.2, 0.25) is 5.15 Å². The van der Waals surface area contributed by atoms with Gasteiger partial charge in [0.25, 0.3) is 0 Å². The molecule has 0 unspecified atom stereocenters. The first-order valence-electron chi connectivity index (χ1n) is 5.80. The second-order valence-electron chi connectivity index (χ2n) is 3.66. The van der Waals surface area contributed by atoms with Crippen LogP contribution in [0.15, 0.2) is 42.6 Å². The lowest BCUT2D eigenvalue weighted by Crippen LogP contribution is -2.09. The first-order valence-corrected chi connectivity index (χ1v) is 6.17. The van der Waals surface area contributed by atoms with E-state index in [2.05, 4.69) is 4.98 Å². The van der Waals surface area contributed by atoms with Crippen LogP contribution in [0.3, 0.4) is 0 Å². The van der Waals surface area contributed by atoms with E-state index in [9.17, 15) is 0 Å². The summed E-state index contributed by atoms with van der Waals surface area (Å²) in [6.45, 7) is 0.838. The summed E-state index contributed by atoms with van der Waals surface area (Å²) in [4.78, 5) is 3.92. The fourth-order valence-electron chi connectivity index (χ4n) is 1.50. The SMILES string of the molecule is COc1ccccc1OCCOc1ccc(Cl)nc1. The van der Waals surface area contributed by atoms with Gasteiger partial charge in [-0.3, -0.25) is 0 Å². The van der Waals surface area contributed by atoms with Crippen molar-refractivity contribution in [2.75, 3.05) is 20.3 Å². The molecule has 19 heavy (non-hydrogen) atoms. The van der Waals surface area contributed by atoms with E-state index >= 15 is 0 Å². The summed E-state index contributed by atoms with van der Waals surface area (Å²) in [5, 5.41) is 0.442. The minimum atomic E-state index is 0.418. The molecule has 1 aromatic carbocycles. The summed E-state index contributed by atoms with van der Waals surface area (Å²) in [7, 11) is 1.61. The number of benzene rings is 1. The molecule has 2 aromatic rings.